The van der Waals surface area contributed by atoms with Gasteiger partial charge in [-0.05, 0) is 44.4 Å². The van der Waals surface area contributed by atoms with E-state index in [2.05, 4.69) is 5.32 Å². The highest BCUT2D eigenvalue weighted by Gasteiger charge is 2.24. The number of rotatable bonds is 6. The predicted molar refractivity (Wildman–Crippen MR) is 73.7 cm³/mol. The molecule has 0 spiro atoms. The van der Waals surface area contributed by atoms with E-state index in [9.17, 15) is 5.11 Å². The molecular formula is C15H29NO2. The molecule has 3 nitrogen and oxygen atoms in total. The van der Waals surface area contributed by atoms with Crippen LogP contribution in [0.25, 0.3) is 0 Å². The van der Waals surface area contributed by atoms with Crippen LogP contribution in [-0.4, -0.2) is 37.0 Å². The zero-order valence-corrected chi connectivity index (χ0v) is 11.6. The SMILES string of the molecule is OCCC(NCC1CCCCO1)C1CCCCC1. The minimum atomic E-state index is 0.305. The lowest BCUT2D eigenvalue weighted by atomic mass is 9.82. The first-order valence-corrected chi connectivity index (χ1v) is 7.86. The Hall–Kier alpha value is -0.120. The van der Waals surface area contributed by atoms with Crippen LogP contribution in [-0.2, 0) is 4.74 Å². The second-order valence-corrected chi connectivity index (χ2v) is 5.91. The fraction of sp³-hybridized carbons (Fsp3) is 1.00. The Morgan fingerprint density at radius 2 is 1.83 bits per heavy atom. The maximum atomic E-state index is 9.23. The van der Waals surface area contributed by atoms with E-state index < -0.39 is 0 Å². The van der Waals surface area contributed by atoms with Crippen LogP contribution in [0, 0.1) is 5.92 Å². The molecule has 1 aliphatic heterocycles. The maximum absolute atomic E-state index is 9.23. The largest absolute Gasteiger partial charge is 0.396 e. The minimum Gasteiger partial charge on any atom is -0.396 e. The fourth-order valence-electron chi connectivity index (χ4n) is 3.43. The molecule has 0 aromatic heterocycles. The third-order valence-corrected chi connectivity index (χ3v) is 4.54. The van der Waals surface area contributed by atoms with Crippen molar-refractivity contribution < 1.29 is 9.84 Å². The quantitative estimate of drug-likeness (QED) is 0.766. The molecule has 2 aliphatic rings. The van der Waals surface area contributed by atoms with Gasteiger partial charge in [-0.2, -0.15) is 0 Å². The van der Waals surface area contributed by atoms with Crippen LogP contribution in [0.1, 0.15) is 57.8 Å². The lowest BCUT2D eigenvalue weighted by Gasteiger charge is -2.32. The number of ether oxygens (including phenoxy) is 1. The van der Waals surface area contributed by atoms with Gasteiger partial charge in [0.1, 0.15) is 0 Å². The molecule has 0 aromatic carbocycles. The van der Waals surface area contributed by atoms with Gasteiger partial charge in [-0.1, -0.05) is 19.3 Å². The monoisotopic (exact) mass is 255 g/mol. The molecule has 1 saturated carbocycles. The summed E-state index contributed by atoms with van der Waals surface area (Å²) in [5.41, 5.74) is 0. The summed E-state index contributed by atoms with van der Waals surface area (Å²) in [5, 5.41) is 12.9. The molecule has 0 aromatic rings. The van der Waals surface area contributed by atoms with E-state index in [4.69, 9.17) is 4.74 Å². The van der Waals surface area contributed by atoms with Crippen molar-refractivity contribution in [2.75, 3.05) is 19.8 Å². The topological polar surface area (TPSA) is 41.5 Å². The highest BCUT2D eigenvalue weighted by atomic mass is 16.5. The van der Waals surface area contributed by atoms with Crippen molar-refractivity contribution in [2.24, 2.45) is 5.92 Å². The van der Waals surface area contributed by atoms with Crippen molar-refractivity contribution in [2.45, 2.75) is 69.9 Å². The Bertz CT molecular complexity index is 211. The van der Waals surface area contributed by atoms with Gasteiger partial charge in [-0.25, -0.2) is 0 Å². The first-order chi connectivity index (χ1) is 8.90. The second kappa shape index (κ2) is 8.13. The normalized spacial score (nSPS) is 28.2. The smallest absolute Gasteiger partial charge is 0.0699 e. The van der Waals surface area contributed by atoms with Crippen LogP contribution in [0.15, 0.2) is 0 Å². The molecule has 2 fully saturated rings. The molecule has 1 aliphatic carbocycles. The predicted octanol–water partition coefficient (Wildman–Crippen LogP) is 2.48. The lowest BCUT2D eigenvalue weighted by molar-refractivity contribution is 0.0130. The summed E-state index contributed by atoms with van der Waals surface area (Å²) >= 11 is 0. The standard InChI is InChI=1S/C15H29NO2/c17-10-9-15(13-6-2-1-3-7-13)16-12-14-8-4-5-11-18-14/h13-17H,1-12H2. The molecule has 3 heteroatoms. The highest BCUT2D eigenvalue weighted by Crippen LogP contribution is 2.27. The van der Waals surface area contributed by atoms with Crippen molar-refractivity contribution in [3.8, 4) is 0 Å². The molecule has 1 heterocycles. The van der Waals surface area contributed by atoms with Crippen LogP contribution < -0.4 is 5.32 Å². The highest BCUT2D eigenvalue weighted by molar-refractivity contribution is 4.80. The third-order valence-electron chi connectivity index (χ3n) is 4.54. The second-order valence-electron chi connectivity index (χ2n) is 5.91. The number of hydrogen-bond donors (Lipinski definition) is 2. The molecule has 2 atom stereocenters. The van der Waals surface area contributed by atoms with Gasteiger partial charge in [0.25, 0.3) is 0 Å². The van der Waals surface area contributed by atoms with Crippen molar-refractivity contribution in [1.29, 1.82) is 0 Å². The average molecular weight is 255 g/mol. The molecule has 2 unspecified atom stereocenters. The molecule has 106 valence electrons. The van der Waals surface area contributed by atoms with Crippen LogP contribution in [0.5, 0.6) is 0 Å². The van der Waals surface area contributed by atoms with E-state index in [0.29, 0.717) is 18.8 Å². The first kappa shape index (κ1) is 14.3. The zero-order chi connectivity index (χ0) is 12.6. The van der Waals surface area contributed by atoms with E-state index in [1.165, 1.54) is 51.4 Å². The summed E-state index contributed by atoms with van der Waals surface area (Å²) in [6, 6.07) is 0.501. The van der Waals surface area contributed by atoms with Gasteiger partial charge in [0.05, 0.1) is 6.10 Å². The Morgan fingerprint density at radius 1 is 1.06 bits per heavy atom. The van der Waals surface area contributed by atoms with Crippen molar-refractivity contribution in [3.63, 3.8) is 0 Å². The number of aliphatic hydroxyl groups excluding tert-OH is 1. The van der Waals surface area contributed by atoms with Crippen molar-refractivity contribution in [1.82, 2.24) is 5.32 Å². The van der Waals surface area contributed by atoms with Gasteiger partial charge in [-0.3, -0.25) is 0 Å². The van der Waals surface area contributed by atoms with Crippen molar-refractivity contribution in [3.05, 3.63) is 0 Å². The van der Waals surface area contributed by atoms with Gasteiger partial charge < -0.3 is 15.2 Å². The Labute approximate surface area is 111 Å². The van der Waals surface area contributed by atoms with Gasteiger partial charge in [0, 0.05) is 25.8 Å². The van der Waals surface area contributed by atoms with Gasteiger partial charge in [0.15, 0.2) is 0 Å². The van der Waals surface area contributed by atoms with E-state index >= 15 is 0 Å². The van der Waals surface area contributed by atoms with E-state index in [1.807, 2.05) is 0 Å². The maximum Gasteiger partial charge on any atom is 0.0699 e. The Kier molecular flexibility index (Phi) is 6.46. The number of hydrogen-bond acceptors (Lipinski definition) is 3. The number of nitrogens with one attached hydrogen (secondary N) is 1. The van der Waals surface area contributed by atoms with Gasteiger partial charge in [0.2, 0.25) is 0 Å². The average Bonchev–Trinajstić information content (AvgIpc) is 2.45. The molecule has 2 rings (SSSR count). The van der Waals surface area contributed by atoms with Crippen molar-refractivity contribution >= 4 is 0 Å². The summed E-state index contributed by atoms with van der Waals surface area (Å²) < 4.78 is 5.77. The Morgan fingerprint density at radius 3 is 2.50 bits per heavy atom. The molecule has 0 radical (unpaired) electrons. The molecular weight excluding hydrogens is 226 g/mol. The third kappa shape index (κ3) is 4.52. The van der Waals surface area contributed by atoms with Gasteiger partial charge in [-0.15, -0.1) is 0 Å². The summed E-state index contributed by atoms with van der Waals surface area (Å²) in [6.07, 6.45) is 11.8. The lowest BCUT2D eigenvalue weighted by Crippen LogP contribution is -2.43. The van der Waals surface area contributed by atoms with E-state index in [0.717, 1.165) is 25.5 Å². The first-order valence-electron chi connectivity index (χ1n) is 7.86. The number of aliphatic hydroxyl groups is 1. The van der Waals surface area contributed by atoms with E-state index in [-0.39, 0.29) is 0 Å². The Balaban J connectivity index is 1.73. The van der Waals surface area contributed by atoms with Crippen LogP contribution in [0.3, 0.4) is 0 Å². The molecule has 2 N–H and O–H groups in total. The molecule has 18 heavy (non-hydrogen) atoms. The summed E-state index contributed by atoms with van der Waals surface area (Å²) in [7, 11) is 0. The molecule has 1 saturated heterocycles. The summed E-state index contributed by atoms with van der Waals surface area (Å²) in [5.74, 6) is 0.773. The fourth-order valence-corrected chi connectivity index (χ4v) is 3.43. The summed E-state index contributed by atoms with van der Waals surface area (Å²) in [6.45, 7) is 2.21. The van der Waals surface area contributed by atoms with Crippen LogP contribution >= 0.6 is 0 Å². The van der Waals surface area contributed by atoms with Gasteiger partial charge >= 0.3 is 0 Å². The zero-order valence-electron chi connectivity index (χ0n) is 11.6. The van der Waals surface area contributed by atoms with E-state index in [1.54, 1.807) is 0 Å². The molecule has 0 amide bonds. The van der Waals surface area contributed by atoms with Crippen LogP contribution in [0.4, 0.5) is 0 Å². The minimum absolute atomic E-state index is 0.305. The molecule has 0 bridgehead atoms. The van der Waals surface area contributed by atoms with Crippen LogP contribution in [0.2, 0.25) is 0 Å². The summed E-state index contributed by atoms with van der Waals surface area (Å²) in [4.78, 5) is 0.